The number of hydrazine groups is 1. The maximum absolute atomic E-state index is 5.48. The van der Waals surface area contributed by atoms with Crippen molar-refractivity contribution < 1.29 is 0 Å². The molecule has 0 aliphatic heterocycles. The summed E-state index contributed by atoms with van der Waals surface area (Å²) in [4.78, 5) is 0. The Kier molecular flexibility index (Phi) is 5.83. The molecule has 0 aromatic rings. The fourth-order valence-electron chi connectivity index (χ4n) is 1.87. The lowest BCUT2D eigenvalue weighted by molar-refractivity contribution is 0.532. The van der Waals surface area contributed by atoms with Crippen molar-refractivity contribution >= 4 is 11.8 Å². The maximum Gasteiger partial charge on any atom is 0.0301 e. The van der Waals surface area contributed by atoms with E-state index < -0.39 is 0 Å². The molecule has 1 unspecified atom stereocenters. The molecule has 0 amide bonds. The fraction of sp³-hybridized carbons (Fsp3) is 1.00. The molecule has 1 saturated carbocycles. The number of nitrogens with one attached hydrogen (secondary N) is 1. The van der Waals surface area contributed by atoms with Crippen LogP contribution in [0.2, 0.25) is 0 Å². The first kappa shape index (κ1) is 11.3. The molecule has 1 aliphatic rings. The van der Waals surface area contributed by atoms with Crippen LogP contribution >= 0.6 is 11.8 Å². The SMILES string of the molecule is CCCC(CSC1CCCC1)NN. The number of hydrogen-bond donors (Lipinski definition) is 2. The van der Waals surface area contributed by atoms with E-state index in [4.69, 9.17) is 5.84 Å². The highest BCUT2D eigenvalue weighted by atomic mass is 32.2. The van der Waals surface area contributed by atoms with Crippen molar-refractivity contribution in [1.82, 2.24) is 5.43 Å². The second-order valence-electron chi connectivity index (χ2n) is 3.89. The van der Waals surface area contributed by atoms with E-state index in [1.807, 2.05) is 0 Å². The fourth-order valence-corrected chi connectivity index (χ4v) is 3.30. The summed E-state index contributed by atoms with van der Waals surface area (Å²) in [5.74, 6) is 6.67. The minimum absolute atomic E-state index is 0.524. The predicted molar refractivity (Wildman–Crippen MR) is 60.7 cm³/mol. The van der Waals surface area contributed by atoms with E-state index in [2.05, 4.69) is 24.1 Å². The molecule has 0 spiro atoms. The summed E-state index contributed by atoms with van der Waals surface area (Å²) in [5, 5.41) is 0.924. The summed E-state index contributed by atoms with van der Waals surface area (Å²) in [7, 11) is 0. The molecule has 78 valence electrons. The molecule has 1 aliphatic carbocycles. The average Bonchev–Trinajstić information content (AvgIpc) is 2.64. The van der Waals surface area contributed by atoms with Gasteiger partial charge in [0.15, 0.2) is 0 Å². The zero-order chi connectivity index (χ0) is 9.52. The number of nitrogens with two attached hydrogens (primary N) is 1. The third-order valence-electron chi connectivity index (χ3n) is 2.71. The van der Waals surface area contributed by atoms with Gasteiger partial charge in [-0.3, -0.25) is 11.3 Å². The highest BCUT2D eigenvalue weighted by molar-refractivity contribution is 7.99. The Bertz CT molecular complexity index is 124. The highest BCUT2D eigenvalue weighted by Crippen LogP contribution is 2.29. The molecule has 1 fully saturated rings. The molecule has 3 heteroatoms. The molecule has 0 aromatic carbocycles. The van der Waals surface area contributed by atoms with Gasteiger partial charge >= 0.3 is 0 Å². The molecular weight excluding hydrogens is 180 g/mol. The van der Waals surface area contributed by atoms with E-state index in [1.54, 1.807) is 0 Å². The van der Waals surface area contributed by atoms with Gasteiger partial charge in [0.25, 0.3) is 0 Å². The molecule has 0 saturated heterocycles. The van der Waals surface area contributed by atoms with Crippen LogP contribution in [0.1, 0.15) is 45.4 Å². The first-order chi connectivity index (χ1) is 6.36. The van der Waals surface area contributed by atoms with Crippen molar-refractivity contribution in [3.8, 4) is 0 Å². The molecule has 3 N–H and O–H groups in total. The van der Waals surface area contributed by atoms with Gasteiger partial charge in [0.2, 0.25) is 0 Å². The maximum atomic E-state index is 5.48. The molecule has 0 radical (unpaired) electrons. The Balaban J connectivity index is 2.07. The van der Waals surface area contributed by atoms with Crippen LogP contribution in [0.5, 0.6) is 0 Å². The van der Waals surface area contributed by atoms with Crippen molar-refractivity contribution in [2.75, 3.05) is 5.75 Å². The van der Waals surface area contributed by atoms with Gasteiger partial charge < -0.3 is 0 Å². The van der Waals surface area contributed by atoms with Gasteiger partial charge in [-0.15, -0.1) is 0 Å². The zero-order valence-electron chi connectivity index (χ0n) is 8.59. The lowest BCUT2D eigenvalue weighted by Crippen LogP contribution is -2.37. The van der Waals surface area contributed by atoms with Gasteiger partial charge in [-0.05, 0) is 19.3 Å². The van der Waals surface area contributed by atoms with E-state index in [-0.39, 0.29) is 0 Å². The Morgan fingerprint density at radius 2 is 2.15 bits per heavy atom. The van der Waals surface area contributed by atoms with Crippen LogP contribution in [0.15, 0.2) is 0 Å². The van der Waals surface area contributed by atoms with Crippen LogP contribution in [0, 0.1) is 0 Å². The summed E-state index contributed by atoms with van der Waals surface area (Å²) in [5.41, 5.74) is 2.91. The molecule has 1 atom stereocenters. The minimum atomic E-state index is 0.524. The molecule has 13 heavy (non-hydrogen) atoms. The second-order valence-corrected chi connectivity index (χ2v) is 5.23. The Hall–Kier alpha value is 0.270. The molecule has 2 nitrogen and oxygen atoms in total. The van der Waals surface area contributed by atoms with Crippen molar-refractivity contribution in [1.29, 1.82) is 0 Å². The summed E-state index contributed by atoms with van der Waals surface area (Å²) in [6, 6.07) is 0.524. The van der Waals surface area contributed by atoms with Crippen molar-refractivity contribution in [2.45, 2.75) is 56.7 Å². The van der Waals surface area contributed by atoms with Gasteiger partial charge in [0.05, 0.1) is 0 Å². The standard InChI is InChI=1S/C10H22N2S/c1-2-5-9(12-11)8-13-10-6-3-4-7-10/h9-10,12H,2-8,11H2,1H3. The monoisotopic (exact) mass is 202 g/mol. The minimum Gasteiger partial charge on any atom is -0.271 e. The molecule has 0 heterocycles. The van der Waals surface area contributed by atoms with Gasteiger partial charge in [-0.1, -0.05) is 26.2 Å². The third-order valence-corrected chi connectivity index (χ3v) is 4.25. The van der Waals surface area contributed by atoms with E-state index >= 15 is 0 Å². The van der Waals surface area contributed by atoms with Gasteiger partial charge in [-0.25, -0.2) is 0 Å². The summed E-state index contributed by atoms with van der Waals surface area (Å²) in [6.45, 7) is 2.21. The predicted octanol–water partition coefficient (Wildman–Crippen LogP) is 2.29. The quantitative estimate of drug-likeness (QED) is 0.513. The van der Waals surface area contributed by atoms with E-state index in [9.17, 15) is 0 Å². The molecule has 0 aromatic heterocycles. The van der Waals surface area contributed by atoms with Crippen LogP contribution in [-0.2, 0) is 0 Å². The van der Waals surface area contributed by atoms with Crippen molar-refractivity contribution in [3.05, 3.63) is 0 Å². The average molecular weight is 202 g/mol. The third kappa shape index (κ3) is 4.34. The molecule has 1 rings (SSSR count). The normalized spacial score (nSPS) is 20.8. The summed E-state index contributed by atoms with van der Waals surface area (Å²) < 4.78 is 0. The van der Waals surface area contributed by atoms with Gasteiger partial charge in [0, 0.05) is 17.0 Å². The van der Waals surface area contributed by atoms with E-state index in [1.165, 1.54) is 44.3 Å². The van der Waals surface area contributed by atoms with Crippen molar-refractivity contribution in [2.24, 2.45) is 5.84 Å². The summed E-state index contributed by atoms with van der Waals surface area (Å²) in [6.07, 6.45) is 8.15. The van der Waals surface area contributed by atoms with Crippen LogP contribution in [0.25, 0.3) is 0 Å². The van der Waals surface area contributed by atoms with Crippen molar-refractivity contribution in [3.63, 3.8) is 0 Å². The Labute approximate surface area is 86.0 Å². The smallest absolute Gasteiger partial charge is 0.0301 e. The van der Waals surface area contributed by atoms with Crippen LogP contribution < -0.4 is 11.3 Å². The second kappa shape index (κ2) is 6.68. The van der Waals surface area contributed by atoms with E-state index in [0.717, 1.165) is 5.25 Å². The Morgan fingerprint density at radius 1 is 1.46 bits per heavy atom. The number of rotatable bonds is 6. The zero-order valence-corrected chi connectivity index (χ0v) is 9.41. The lowest BCUT2D eigenvalue weighted by atomic mass is 10.2. The van der Waals surface area contributed by atoms with Gasteiger partial charge in [0.1, 0.15) is 0 Å². The summed E-state index contributed by atoms with van der Waals surface area (Å²) >= 11 is 2.11. The molecule has 0 bridgehead atoms. The largest absolute Gasteiger partial charge is 0.271 e. The first-order valence-electron chi connectivity index (χ1n) is 5.44. The first-order valence-corrected chi connectivity index (χ1v) is 6.49. The van der Waals surface area contributed by atoms with Crippen LogP contribution in [0.3, 0.4) is 0 Å². The topological polar surface area (TPSA) is 38.0 Å². The van der Waals surface area contributed by atoms with Gasteiger partial charge in [-0.2, -0.15) is 11.8 Å². The Morgan fingerprint density at radius 3 is 2.69 bits per heavy atom. The number of thioether (sulfide) groups is 1. The molecular formula is C10H22N2S. The van der Waals surface area contributed by atoms with E-state index in [0.29, 0.717) is 6.04 Å². The number of hydrogen-bond acceptors (Lipinski definition) is 3. The van der Waals surface area contributed by atoms with Crippen LogP contribution in [-0.4, -0.2) is 17.0 Å². The van der Waals surface area contributed by atoms with Crippen LogP contribution in [0.4, 0.5) is 0 Å². The lowest BCUT2D eigenvalue weighted by Gasteiger charge is -2.16. The highest BCUT2D eigenvalue weighted by Gasteiger charge is 2.16.